The molecule has 0 amide bonds. The largest absolute Gasteiger partial charge is 0.489 e. The average molecular weight is 317 g/mol. The summed E-state index contributed by atoms with van der Waals surface area (Å²) >= 11 is 0. The molecular formula is C21H16FNO. The predicted octanol–water partition coefficient (Wildman–Crippen LogP) is 5.25. The molecule has 0 unspecified atom stereocenters. The summed E-state index contributed by atoms with van der Waals surface area (Å²) in [7, 11) is 0. The van der Waals surface area contributed by atoms with Crippen molar-refractivity contribution in [1.29, 1.82) is 5.26 Å². The lowest BCUT2D eigenvalue weighted by molar-refractivity contribution is 0.306. The van der Waals surface area contributed by atoms with Gasteiger partial charge in [-0.2, -0.15) is 5.26 Å². The molecule has 0 heterocycles. The van der Waals surface area contributed by atoms with Gasteiger partial charge in [0.15, 0.2) is 0 Å². The molecule has 0 aromatic heterocycles. The van der Waals surface area contributed by atoms with E-state index in [4.69, 9.17) is 4.74 Å². The summed E-state index contributed by atoms with van der Waals surface area (Å²) in [5, 5.41) is 9.31. The second kappa shape index (κ2) is 6.97. The number of halogens is 1. The van der Waals surface area contributed by atoms with Crippen molar-refractivity contribution in [2.45, 2.75) is 13.5 Å². The average Bonchev–Trinajstić information content (AvgIpc) is 2.63. The van der Waals surface area contributed by atoms with E-state index in [1.165, 1.54) is 6.07 Å². The van der Waals surface area contributed by atoms with Crippen molar-refractivity contribution in [3.8, 4) is 22.9 Å². The summed E-state index contributed by atoms with van der Waals surface area (Å²) < 4.78 is 19.7. The lowest BCUT2D eigenvalue weighted by atomic mass is 9.98. The Labute approximate surface area is 140 Å². The van der Waals surface area contributed by atoms with E-state index in [1.807, 2.05) is 54.6 Å². The fourth-order valence-corrected chi connectivity index (χ4v) is 2.51. The van der Waals surface area contributed by atoms with Gasteiger partial charge in [-0.15, -0.1) is 0 Å². The third kappa shape index (κ3) is 3.44. The first-order valence-corrected chi connectivity index (χ1v) is 7.65. The molecule has 0 bridgehead atoms. The van der Waals surface area contributed by atoms with Crippen LogP contribution in [-0.2, 0) is 6.61 Å². The second-order valence-electron chi connectivity index (χ2n) is 5.56. The van der Waals surface area contributed by atoms with Crippen LogP contribution in [0, 0.1) is 24.1 Å². The monoisotopic (exact) mass is 317 g/mol. The molecule has 0 spiro atoms. The molecule has 3 aromatic carbocycles. The molecule has 0 radical (unpaired) electrons. The van der Waals surface area contributed by atoms with Gasteiger partial charge in [0.25, 0.3) is 0 Å². The Morgan fingerprint density at radius 3 is 2.54 bits per heavy atom. The molecule has 0 N–H and O–H groups in total. The molecule has 0 aliphatic carbocycles. The Morgan fingerprint density at radius 1 is 1.00 bits per heavy atom. The number of benzene rings is 3. The van der Waals surface area contributed by atoms with Gasteiger partial charge >= 0.3 is 0 Å². The Hall–Kier alpha value is -3.12. The van der Waals surface area contributed by atoms with E-state index in [0.717, 1.165) is 11.1 Å². The van der Waals surface area contributed by atoms with Crippen LogP contribution in [0.2, 0.25) is 0 Å². The lowest BCUT2D eigenvalue weighted by Gasteiger charge is -2.10. The van der Waals surface area contributed by atoms with Crippen LogP contribution in [0.3, 0.4) is 0 Å². The van der Waals surface area contributed by atoms with Crippen molar-refractivity contribution in [2.24, 2.45) is 0 Å². The summed E-state index contributed by atoms with van der Waals surface area (Å²) in [4.78, 5) is 0. The molecule has 24 heavy (non-hydrogen) atoms. The Morgan fingerprint density at radius 2 is 1.79 bits per heavy atom. The number of rotatable bonds is 4. The molecule has 0 saturated heterocycles. The highest BCUT2D eigenvalue weighted by atomic mass is 19.1. The van der Waals surface area contributed by atoms with E-state index in [1.54, 1.807) is 13.0 Å². The Kier molecular flexibility index (Phi) is 4.58. The first kappa shape index (κ1) is 15.8. The van der Waals surface area contributed by atoms with E-state index in [2.05, 4.69) is 6.07 Å². The fourth-order valence-electron chi connectivity index (χ4n) is 2.51. The molecule has 0 saturated carbocycles. The van der Waals surface area contributed by atoms with Gasteiger partial charge in [0.1, 0.15) is 18.2 Å². The highest BCUT2D eigenvalue weighted by Crippen LogP contribution is 2.29. The quantitative estimate of drug-likeness (QED) is 0.658. The van der Waals surface area contributed by atoms with Crippen molar-refractivity contribution in [3.05, 3.63) is 89.2 Å². The van der Waals surface area contributed by atoms with Crippen molar-refractivity contribution in [2.75, 3.05) is 0 Å². The maximum Gasteiger partial charge on any atom is 0.126 e. The van der Waals surface area contributed by atoms with Crippen molar-refractivity contribution in [1.82, 2.24) is 0 Å². The van der Waals surface area contributed by atoms with Gasteiger partial charge in [-0.1, -0.05) is 42.5 Å². The first-order valence-electron chi connectivity index (χ1n) is 7.65. The normalized spacial score (nSPS) is 10.2. The Balaban J connectivity index is 1.88. The maximum atomic E-state index is 13.9. The van der Waals surface area contributed by atoms with Crippen LogP contribution in [0.4, 0.5) is 4.39 Å². The first-order chi connectivity index (χ1) is 11.7. The van der Waals surface area contributed by atoms with Gasteiger partial charge in [-0.05, 0) is 47.9 Å². The second-order valence-corrected chi connectivity index (χ2v) is 5.56. The van der Waals surface area contributed by atoms with E-state index in [0.29, 0.717) is 29.0 Å². The number of ether oxygens (including phenoxy) is 1. The number of hydrogen-bond acceptors (Lipinski definition) is 2. The number of aryl methyl sites for hydroxylation is 1. The summed E-state index contributed by atoms with van der Waals surface area (Å²) in [5.74, 6) is 0.362. The summed E-state index contributed by atoms with van der Waals surface area (Å²) in [6.07, 6.45) is 0. The molecule has 3 aromatic rings. The smallest absolute Gasteiger partial charge is 0.126 e. The van der Waals surface area contributed by atoms with Crippen molar-refractivity contribution in [3.63, 3.8) is 0 Å². The van der Waals surface area contributed by atoms with Crippen molar-refractivity contribution < 1.29 is 9.13 Å². The SMILES string of the molecule is Cc1cc(C#N)c(-c2cccc(OCc3ccccc3)c2)cc1F. The van der Waals surface area contributed by atoms with Crippen LogP contribution in [-0.4, -0.2) is 0 Å². The van der Waals surface area contributed by atoms with Gasteiger partial charge < -0.3 is 4.74 Å². The summed E-state index contributed by atoms with van der Waals surface area (Å²) in [6, 6.07) is 22.3. The highest BCUT2D eigenvalue weighted by molar-refractivity contribution is 5.72. The third-order valence-electron chi connectivity index (χ3n) is 3.81. The van der Waals surface area contributed by atoms with E-state index < -0.39 is 0 Å². The van der Waals surface area contributed by atoms with Gasteiger partial charge in [-0.3, -0.25) is 0 Å². The van der Waals surface area contributed by atoms with Crippen LogP contribution in [0.25, 0.3) is 11.1 Å². The summed E-state index contributed by atoms with van der Waals surface area (Å²) in [5.41, 5.74) is 3.32. The highest BCUT2D eigenvalue weighted by Gasteiger charge is 2.10. The van der Waals surface area contributed by atoms with Crippen molar-refractivity contribution >= 4 is 0 Å². The molecule has 3 heteroatoms. The van der Waals surface area contributed by atoms with Crippen LogP contribution in [0.1, 0.15) is 16.7 Å². The maximum absolute atomic E-state index is 13.9. The van der Waals surface area contributed by atoms with Crippen LogP contribution < -0.4 is 4.74 Å². The number of hydrogen-bond donors (Lipinski definition) is 0. The number of nitriles is 1. The lowest BCUT2D eigenvalue weighted by Crippen LogP contribution is -1.96. The van der Waals surface area contributed by atoms with Gasteiger partial charge in [-0.25, -0.2) is 4.39 Å². The molecule has 118 valence electrons. The molecule has 2 nitrogen and oxygen atoms in total. The minimum absolute atomic E-state index is 0.320. The standard InChI is InChI=1S/C21H16FNO/c1-15-10-18(13-23)20(12-21(15)22)17-8-5-9-19(11-17)24-14-16-6-3-2-4-7-16/h2-12H,14H2,1H3. The zero-order valence-corrected chi connectivity index (χ0v) is 13.3. The molecule has 3 rings (SSSR count). The predicted molar refractivity (Wildman–Crippen MR) is 92.1 cm³/mol. The molecular weight excluding hydrogens is 301 g/mol. The van der Waals surface area contributed by atoms with E-state index in [9.17, 15) is 9.65 Å². The van der Waals surface area contributed by atoms with Gasteiger partial charge in [0, 0.05) is 5.56 Å². The molecule has 0 aliphatic rings. The topological polar surface area (TPSA) is 33.0 Å². The fraction of sp³-hybridized carbons (Fsp3) is 0.0952. The molecule has 0 fully saturated rings. The van der Waals surface area contributed by atoms with E-state index in [-0.39, 0.29) is 5.82 Å². The minimum atomic E-state index is -0.320. The van der Waals surface area contributed by atoms with Crippen LogP contribution in [0.5, 0.6) is 5.75 Å². The zero-order chi connectivity index (χ0) is 16.9. The van der Waals surface area contributed by atoms with Crippen LogP contribution >= 0.6 is 0 Å². The number of nitrogens with zero attached hydrogens (tertiary/aromatic N) is 1. The third-order valence-corrected chi connectivity index (χ3v) is 3.81. The Bertz CT molecular complexity index is 897. The summed E-state index contributed by atoms with van der Waals surface area (Å²) in [6.45, 7) is 2.11. The van der Waals surface area contributed by atoms with Gasteiger partial charge in [0.05, 0.1) is 11.6 Å². The van der Waals surface area contributed by atoms with Gasteiger partial charge in [0.2, 0.25) is 0 Å². The molecule has 0 atom stereocenters. The zero-order valence-electron chi connectivity index (χ0n) is 13.3. The minimum Gasteiger partial charge on any atom is -0.489 e. The van der Waals surface area contributed by atoms with Crippen LogP contribution in [0.15, 0.2) is 66.7 Å². The van der Waals surface area contributed by atoms with E-state index >= 15 is 0 Å². The molecule has 0 aliphatic heterocycles.